The molecule has 0 bridgehead atoms. The Morgan fingerprint density at radius 2 is 1.78 bits per heavy atom. The first-order valence-electron chi connectivity index (χ1n) is 7.82. The number of ether oxygens (including phenoxy) is 1. The molecule has 1 aromatic rings. The van der Waals surface area contributed by atoms with Gasteiger partial charge in [-0.2, -0.15) is 9.57 Å². The van der Waals surface area contributed by atoms with E-state index in [1.165, 1.54) is 16.4 Å². The first-order valence-corrected chi connectivity index (χ1v) is 9.26. The normalized spacial score (nSPS) is 21.7. The molecule has 1 aromatic carbocycles. The Morgan fingerprint density at radius 3 is 2.30 bits per heavy atom. The van der Waals surface area contributed by atoms with Gasteiger partial charge in [0.25, 0.3) is 0 Å². The number of nitriles is 1. The van der Waals surface area contributed by atoms with Crippen LogP contribution in [0.25, 0.3) is 0 Å². The Bertz CT molecular complexity index is 682. The zero-order valence-electron chi connectivity index (χ0n) is 13.2. The fourth-order valence-electron chi connectivity index (χ4n) is 3.17. The van der Waals surface area contributed by atoms with Crippen LogP contribution in [0.2, 0.25) is 0 Å². The number of methoxy groups -OCH3 is 1. The van der Waals surface area contributed by atoms with E-state index in [9.17, 15) is 8.42 Å². The average molecular weight is 335 g/mol. The predicted molar refractivity (Wildman–Crippen MR) is 85.3 cm³/mol. The summed E-state index contributed by atoms with van der Waals surface area (Å²) in [5.74, 6) is 0. The van der Waals surface area contributed by atoms with Gasteiger partial charge in [-0.15, -0.1) is 0 Å². The van der Waals surface area contributed by atoms with Gasteiger partial charge in [-0.1, -0.05) is 0 Å². The number of piperidine rings is 1. The monoisotopic (exact) mass is 335 g/mol. The minimum absolute atomic E-state index is 0.257. The van der Waals surface area contributed by atoms with Crippen LogP contribution in [0.4, 0.5) is 0 Å². The predicted octanol–water partition coefficient (Wildman–Crippen LogP) is 1.04. The number of hydrogen-bond acceptors (Lipinski definition) is 5. The molecular weight excluding hydrogens is 314 g/mol. The van der Waals surface area contributed by atoms with Crippen LogP contribution >= 0.6 is 0 Å². The lowest BCUT2D eigenvalue weighted by Gasteiger charge is -2.46. The molecule has 2 aliphatic heterocycles. The minimum Gasteiger partial charge on any atom is -0.381 e. The third kappa shape index (κ3) is 3.26. The Morgan fingerprint density at radius 1 is 1.17 bits per heavy atom. The Kier molecular flexibility index (Phi) is 4.69. The lowest BCUT2D eigenvalue weighted by atomic mass is 10.0. The molecule has 6 nitrogen and oxygen atoms in total. The molecule has 23 heavy (non-hydrogen) atoms. The van der Waals surface area contributed by atoms with Gasteiger partial charge in [0.05, 0.1) is 22.6 Å². The molecule has 0 unspecified atom stereocenters. The molecular formula is C16H21N3O3S. The van der Waals surface area contributed by atoms with Crippen LogP contribution in [0.5, 0.6) is 0 Å². The largest absolute Gasteiger partial charge is 0.381 e. The molecule has 0 saturated carbocycles. The van der Waals surface area contributed by atoms with Crippen LogP contribution in [0.3, 0.4) is 0 Å². The van der Waals surface area contributed by atoms with Crippen molar-refractivity contribution >= 4 is 10.0 Å². The van der Waals surface area contributed by atoms with Crippen molar-refractivity contribution in [3.05, 3.63) is 29.8 Å². The lowest BCUT2D eigenvalue weighted by molar-refractivity contribution is 0.00364. The van der Waals surface area contributed by atoms with Gasteiger partial charge in [0.1, 0.15) is 0 Å². The highest BCUT2D eigenvalue weighted by atomic mass is 32.2. The summed E-state index contributed by atoms with van der Waals surface area (Å²) in [7, 11) is -1.70. The maximum Gasteiger partial charge on any atom is 0.243 e. The maximum absolute atomic E-state index is 12.5. The molecule has 124 valence electrons. The highest BCUT2D eigenvalue weighted by molar-refractivity contribution is 7.89. The first kappa shape index (κ1) is 16.4. The Labute approximate surface area is 137 Å². The van der Waals surface area contributed by atoms with Gasteiger partial charge in [0, 0.05) is 39.3 Å². The summed E-state index contributed by atoms with van der Waals surface area (Å²) in [6.45, 7) is 3.02. The van der Waals surface area contributed by atoms with Crippen molar-refractivity contribution in [2.75, 3.05) is 33.3 Å². The van der Waals surface area contributed by atoms with E-state index < -0.39 is 10.0 Å². The molecule has 0 radical (unpaired) electrons. The standard InChI is InChI=1S/C16H21N3O3S/c1-22-15-6-8-18(9-7-15)14-11-19(12-14)23(20,21)16-4-2-13(10-17)3-5-16/h2-5,14-15H,6-9,11-12H2,1H3. The molecule has 2 fully saturated rings. The SMILES string of the molecule is COC1CCN(C2CN(S(=O)(=O)c3ccc(C#N)cc3)C2)CC1. The van der Waals surface area contributed by atoms with Crippen molar-refractivity contribution in [3.8, 4) is 6.07 Å². The average Bonchev–Trinajstić information content (AvgIpc) is 2.54. The topological polar surface area (TPSA) is 73.6 Å². The third-order valence-electron chi connectivity index (χ3n) is 4.78. The van der Waals surface area contributed by atoms with E-state index in [1.807, 2.05) is 6.07 Å². The second-order valence-electron chi connectivity index (χ2n) is 6.08. The number of nitrogens with zero attached hydrogens (tertiary/aromatic N) is 3. The minimum atomic E-state index is -3.44. The highest BCUT2D eigenvalue weighted by Gasteiger charge is 2.40. The number of likely N-dealkylation sites (tertiary alicyclic amines) is 1. The van der Waals surface area contributed by atoms with Crippen LogP contribution in [0, 0.1) is 11.3 Å². The van der Waals surface area contributed by atoms with Crippen LogP contribution in [-0.4, -0.2) is 63.1 Å². The van der Waals surface area contributed by atoms with E-state index in [0.717, 1.165) is 25.9 Å². The summed E-state index contributed by atoms with van der Waals surface area (Å²) in [6, 6.07) is 8.40. The second-order valence-corrected chi connectivity index (χ2v) is 8.02. The fourth-order valence-corrected chi connectivity index (χ4v) is 4.69. The van der Waals surface area contributed by atoms with E-state index >= 15 is 0 Å². The molecule has 0 amide bonds. The van der Waals surface area contributed by atoms with E-state index in [1.54, 1.807) is 19.2 Å². The van der Waals surface area contributed by atoms with Crippen LogP contribution < -0.4 is 0 Å². The number of benzene rings is 1. The molecule has 0 N–H and O–H groups in total. The van der Waals surface area contributed by atoms with Gasteiger partial charge in [-0.05, 0) is 37.1 Å². The molecule has 0 spiro atoms. The third-order valence-corrected chi connectivity index (χ3v) is 6.62. The summed E-state index contributed by atoms with van der Waals surface area (Å²) < 4.78 is 32.0. The molecule has 2 aliphatic rings. The van der Waals surface area contributed by atoms with Crippen molar-refractivity contribution in [1.82, 2.24) is 9.21 Å². The van der Waals surface area contributed by atoms with Crippen molar-refractivity contribution < 1.29 is 13.2 Å². The van der Waals surface area contributed by atoms with Crippen LogP contribution in [0.15, 0.2) is 29.2 Å². The van der Waals surface area contributed by atoms with Gasteiger partial charge in [0.2, 0.25) is 10.0 Å². The van der Waals surface area contributed by atoms with E-state index in [4.69, 9.17) is 10.00 Å². The Balaban J connectivity index is 1.59. The van der Waals surface area contributed by atoms with E-state index in [2.05, 4.69) is 4.90 Å². The molecule has 0 aliphatic carbocycles. The van der Waals surface area contributed by atoms with Gasteiger partial charge in [0.15, 0.2) is 0 Å². The van der Waals surface area contributed by atoms with E-state index in [-0.39, 0.29) is 4.90 Å². The molecule has 0 aromatic heterocycles. The molecule has 3 rings (SSSR count). The first-order chi connectivity index (χ1) is 11.0. The summed E-state index contributed by atoms with van der Waals surface area (Å²) >= 11 is 0. The van der Waals surface area contributed by atoms with Gasteiger partial charge in [-0.3, -0.25) is 4.90 Å². The van der Waals surface area contributed by atoms with E-state index in [0.29, 0.717) is 30.8 Å². The van der Waals surface area contributed by atoms with Crippen molar-refractivity contribution in [1.29, 1.82) is 5.26 Å². The van der Waals surface area contributed by atoms with Crippen LogP contribution in [0.1, 0.15) is 18.4 Å². The van der Waals surface area contributed by atoms with Crippen LogP contribution in [-0.2, 0) is 14.8 Å². The smallest absolute Gasteiger partial charge is 0.243 e. The Hall–Kier alpha value is -1.46. The van der Waals surface area contributed by atoms with Gasteiger partial charge >= 0.3 is 0 Å². The van der Waals surface area contributed by atoms with Gasteiger partial charge in [-0.25, -0.2) is 8.42 Å². The zero-order chi connectivity index (χ0) is 16.4. The summed E-state index contributed by atoms with van der Waals surface area (Å²) in [6.07, 6.45) is 2.36. The lowest BCUT2D eigenvalue weighted by Crippen LogP contribution is -2.62. The molecule has 2 saturated heterocycles. The quantitative estimate of drug-likeness (QED) is 0.822. The zero-order valence-corrected chi connectivity index (χ0v) is 14.0. The maximum atomic E-state index is 12.5. The second kappa shape index (κ2) is 6.57. The molecule has 2 heterocycles. The summed E-state index contributed by atoms with van der Waals surface area (Å²) in [5, 5.41) is 8.79. The highest BCUT2D eigenvalue weighted by Crippen LogP contribution is 2.26. The molecule has 0 atom stereocenters. The summed E-state index contributed by atoms with van der Waals surface area (Å²) in [5.41, 5.74) is 0.464. The van der Waals surface area contributed by atoms with Crippen molar-refractivity contribution in [3.63, 3.8) is 0 Å². The van der Waals surface area contributed by atoms with Gasteiger partial charge < -0.3 is 4.74 Å². The summed E-state index contributed by atoms with van der Waals surface area (Å²) in [4.78, 5) is 2.62. The molecule has 7 heteroatoms. The fraction of sp³-hybridized carbons (Fsp3) is 0.562. The number of rotatable bonds is 4. The number of sulfonamides is 1. The number of hydrogen-bond donors (Lipinski definition) is 0. The van der Waals surface area contributed by atoms with Crippen molar-refractivity contribution in [2.24, 2.45) is 0 Å². The van der Waals surface area contributed by atoms with Crippen molar-refractivity contribution in [2.45, 2.75) is 29.9 Å².